The number of hydrogen-bond acceptors (Lipinski definition) is 7. The monoisotopic (exact) mass is 220 g/mol. The number of carbonyl (C=O) groups is 2. The molecule has 0 unspecified atom stereocenters. The van der Waals surface area contributed by atoms with Gasteiger partial charge in [-0.25, -0.2) is 9.59 Å². The zero-order valence-electron chi connectivity index (χ0n) is 7.99. The summed E-state index contributed by atoms with van der Waals surface area (Å²) in [6, 6.07) is 0. The minimum atomic E-state index is -1.84. The Morgan fingerprint density at radius 1 is 1.40 bits per heavy atom. The van der Waals surface area contributed by atoms with Crippen LogP contribution in [0.4, 0.5) is 0 Å². The molecule has 0 saturated carbocycles. The van der Waals surface area contributed by atoms with Crippen LogP contribution in [-0.4, -0.2) is 58.3 Å². The molecule has 0 aromatic carbocycles. The van der Waals surface area contributed by atoms with Gasteiger partial charge < -0.3 is 24.8 Å². The number of aliphatic hydroxyl groups is 3. The average Bonchev–Trinajstić information content (AvgIpc) is 2.20. The number of rotatable bonds is 2. The number of carbonyl (C=O) groups excluding carboxylic acids is 2. The minimum absolute atomic E-state index is 0.0538. The van der Waals surface area contributed by atoms with E-state index in [1.54, 1.807) is 6.92 Å². The molecule has 7 nitrogen and oxygen atoms in total. The second-order valence-electron chi connectivity index (χ2n) is 3.04. The first-order valence-corrected chi connectivity index (χ1v) is 4.40. The number of esters is 2. The Morgan fingerprint density at radius 3 is 2.53 bits per heavy atom. The van der Waals surface area contributed by atoms with Crippen molar-refractivity contribution in [2.75, 3.05) is 6.61 Å². The Balaban J connectivity index is 2.74. The van der Waals surface area contributed by atoms with Crippen molar-refractivity contribution in [3.63, 3.8) is 0 Å². The van der Waals surface area contributed by atoms with Gasteiger partial charge in [-0.2, -0.15) is 0 Å². The van der Waals surface area contributed by atoms with Gasteiger partial charge in [0.1, 0.15) is 12.2 Å². The third-order valence-corrected chi connectivity index (χ3v) is 1.99. The van der Waals surface area contributed by atoms with E-state index in [0.29, 0.717) is 0 Å². The van der Waals surface area contributed by atoms with Crippen LogP contribution in [0.2, 0.25) is 0 Å². The first-order chi connectivity index (χ1) is 6.99. The molecule has 1 saturated heterocycles. The van der Waals surface area contributed by atoms with Crippen LogP contribution < -0.4 is 0 Å². The molecule has 3 N–H and O–H groups in total. The molecular weight excluding hydrogens is 208 g/mol. The molecule has 86 valence electrons. The number of hydrogen-bond donors (Lipinski definition) is 3. The van der Waals surface area contributed by atoms with Gasteiger partial charge in [-0.1, -0.05) is 0 Å². The predicted molar refractivity (Wildman–Crippen MR) is 44.5 cm³/mol. The Kier molecular flexibility index (Phi) is 3.61. The summed E-state index contributed by atoms with van der Waals surface area (Å²) in [5.74, 6) is -2.12. The summed E-state index contributed by atoms with van der Waals surface area (Å²) in [6.07, 6.45) is -6.86. The Labute approximate surface area is 85.2 Å². The van der Waals surface area contributed by atoms with Crippen LogP contribution in [-0.2, 0) is 19.1 Å². The maximum absolute atomic E-state index is 11.2. The van der Waals surface area contributed by atoms with Gasteiger partial charge in [-0.15, -0.1) is 0 Å². The van der Waals surface area contributed by atoms with Gasteiger partial charge >= 0.3 is 11.9 Å². The van der Waals surface area contributed by atoms with E-state index in [4.69, 9.17) is 5.11 Å². The fraction of sp³-hybridized carbons (Fsp3) is 0.750. The molecule has 4 atom stereocenters. The molecule has 0 amide bonds. The van der Waals surface area contributed by atoms with Crippen LogP contribution in [0, 0.1) is 0 Å². The molecule has 1 aliphatic rings. The first-order valence-electron chi connectivity index (χ1n) is 4.40. The van der Waals surface area contributed by atoms with Crippen LogP contribution in [0.25, 0.3) is 0 Å². The van der Waals surface area contributed by atoms with E-state index in [1.807, 2.05) is 0 Å². The molecular formula is C8H12O7. The summed E-state index contributed by atoms with van der Waals surface area (Å²) >= 11 is 0. The SMILES string of the molecule is CCOC(=O)[C@@H]1OC(=O)[C@@H](O)[C@@H](O)[C@@H]1O. The smallest absolute Gasteiger partial charge is 0.350 e. The third kappa shape index (κ3) is 2.25. The summed E-state index contributed by atoms with van der Waals surface area (Å²) in [6.45, 7) is 1.60. The van der Waals surface area contributed by atoms with Crippen molar-refractivity contribution < 1.29 is 34.4 Å². The normalized spacial score (nSPS) is 35.9. The second-order valence-corrected chi connectivity index (χ2v) is 3.04. The Morgan fingerprint density at radius 2 is 2.00 bits per heavy atom. The highest BCUT2D eigenvalue weighted by Crippen LogP contribution is 2.17. The van der Waals surface area contributed by atoms with Crippen molar-refractivity contribution in [2.24, 2.45) is 0 Å². The summed E-state index contributed by atoms with van der Waals surface area (Å²) in [5, 5.41) is 27.5. The second kappa shape index (κ2) is 4.56. The molecule has 0 bridgehead atoms. The van der Waals surface area contributed by atoms with Crippen molar-refractivity contribution in [2.45, 2.75) is 31.3 Å². The summed E-state index contributed by atoms with van der Waals surface area (Å²) in [7, 11) is 0. The van der Waals surface area contributed by atoms with Gasteiger partial charge in [-0.05, 0) is 6.92 Å². The molecule has 0 spiro atoms. The van der Waals surface area contributed by atoms with Gasteiger partial charge in [0.15, 0.2) is 6.10 Å². The van der Waals surface area contributed by atoms with E-state index in [1.165, 1.54) is 0 Å². The zero-order chi connectivity index (χ0) is 11.6. The topological polar surface area (TPSA) is 113 Å². The van der Waals surface area contributed by atoms with Crippen molar-refractivity contribution in [3.8, 4) is 0 Å². The van der Waals surface area contributed by atoms with Crippen LogP contribution in [0.15, 0.2) is 0 Å². The van der Waals surface area contributed by atoms with E-state index in [9.17, 15) is 19.8 Å². The number of ether oxygens (including phenoxy) is 2. The van der Waals surface area contributed by atoms with Crippen molar-refractivity contribution >= 4 is 11.9 Å². The number of aliphatic hydroxyl groups excluding tert-OH is 3. The van der Waals surface area contributed by atoms with Gasteiger partial charge in [0.05, 0.1) is 6.61 Å². The van der Waals surface area contributed by atoms with Crippen molar-refractivity contribution in [1.82, 2.24) is 0 Å². The van der Waals surface area contributed by atoms with Crippen molar-refractivity contribution in [1.29, 1.82) is 0 Å². The highest BCUT2D eigenvalue weighted by Gasteiger charge is 2.47. The summed E-state index contributed by atoms with van der Waals surface area (Å²) in [4.78, 5) is 22.1. The van der Waals surface area contributed by atoms with E-state index in [2.05, 4.69) is 9.47 Å². The molecule has 7 heteroatoms. The highest BCUT2D eigenvalue weighted by atomic mass is 16.6. The van der Waals surface area contributed by atoms with Gasteiger partial charge in [0.2, 0.25) is 6.10 Å². The predicted octanol–water partition coefficient (Wildman–Crippen LogP) is -2.44. The van der Waals surface area contributed by atoms with Crippen LogP contribution >= 0.6 is 0 Å². The van der Waals surface area contributed by atoms with Gasteiger partial charge in [-0.3, -0.25) is 0 Å². The lowest BCUT2D eigenvalue weighted by Crippen LogP contribution is -2.58. The third-order valence-electron chi connectivity index (χ3n) is 1.99. The van der Waals surface area contributed by atoms with Crippen LogP contribution in [0.3, 0.4) is 0 Å². The fourth-order valence-corrected chi connectivity index (χ4v) is 1.18. The lowest BCUT2D eigenvalue weighted by molar-refractivity contribution is -0.211. The van der Waals surface area contributed by atoms with Gasteiger partial charge in [0, 0.05) is 0 Å². The van der Waals surface area contributed by atoms with Crippen LogP contribution in [0.5, 0.6) is 0 Å². The lowest BCUT2D eigenvalue weighted by atomic mass is 10.00. The molecule has 1 aliphatic heterocycles. The maximum atomic E-state index is 11.2. The van der Waals surface area contributed by atoms with Crippen LogP contribution in [0.1, 0.15) is 6.92 Å². The van der Waals surface area contributed by atoms with Gasteiger partial charge in [0.25, 0.3) is 0 Å². The fourth-order valence-electron chi connectivity index (χ4n) is 1.18. The largest absolute Gasteiger partial charge is 0.463 e. The minimum Gasteiger partial charge on any atom is -0.463 e. The maximum Gasteiger partial charge on any atom is 0.350 e. The highest BCUT2D eigenvalue weighted by molar-refractivity contribution is 5.84. The van der Waals surface area contributed by atoms with Crippen molar-refractivity contribution in [3.05, 3.63) is 0 Å². The first kappa shape index (κ1) is 11.9. The molecule has 0 aromatic rings. The van der Waals surface area contributed by atoms with E-state index >= 15 is 0 Å². The van der Waals surface area contributed by atoms with E-state index in [0.717, 1.165) is 0 Å². The molecule has 0 aromatic heterocycles. The quantitative estimate of drug-likeness (QED) is 0.443. The summed E-state index contributed by atoms with van der Waals surface area (Å²) < 4.78 is 8.94. The Hall–Kier alpha value is -1.18. The lowest BCUT2D eigenvalue weighted by Gasteiger charge is -2.32. The molecule has 1 heterocycles. The molecule has 1 fully saturated rings. The summed E-state index contributed by atoms with van der Waals surface area (Å²) in [5.41, 5.74) is 0. The Bertz CT molecular complexity index is 264. The molecule has 0 radical (unpaired) electrons. The zero-order valence-corrected chi connectivity index (χ0v) is 7.99. The standard InChI is InChI=1S/C8H12O7/c1-2-14-8(13)6-4(10)3(9)5(11)7(12)15-6/h3-6,9-11H,2H2,1H3/t3-,4-,5-,6+/m0/s1. The number of cyclic esters (lactones) is 1. The average molecular weight is 220 g/mol. The molecule has 15 heavy (non-hydrogen) atoms. The van der Waals surface area contributed by atoms with E-state index in [-0.39, 0.29) is 6.61 Å². The molecule has 0 aliphatic carbocycles. The molecule has 1 rings (SSSR count). The van der Waals surface area contributed by atoms with E-state index < -0.39 is 36.4 Å².